The summed E-state index contributed by atoms with van der Waals surface area (Å²) >= 11 is 0. The standard InChI is InChI=1S/C25H23N3O3S/c1-27(17-20-11-9-19(16-26)10-12-20)25(29)22-7-4-8-24(15-22)32(30,31)28-14-13-21-5-2-3-6-23(21)18-28/h2-12,15H,13-14,17-18H2,1H3. The van der Waals surface area contributed by atoms with Gasteiger partial charge in [-0.25, -0.2) is 8.42 Å². The Kier molecular flexibility index (Phi) is 6.08. The van der Waals surface area contributed by atoms with Gasteiger partial charge < -0.3 is 4.90 Å². The van der Waals surface area contributed by atoms with Gasteiger partial charge in [0.1, 0.15) is 0 Å². The Balaban J connectivity index is 1.52. The van der Waals surface area contributed by atoms with E-state index in [1.54, 1.807) is 43.4 Å². The summed E-state index contributed by atoms with van der Waals surface area (Å²) in [6.45, 7) is 1.09. The molecule has 0 saturated heterocycles. The Labute approximate surface area is 188 Å². The summed E-state index contributed by atoms with van der Waals surface area (Å²) in [4.78, 5) is 14.6. The summed E-state index contributed by atoms with van der Waals surface area (Å²) in [6.07, 6.45) is 0.668. The van der Waals surface area contributed by atoms with E-state index in [-0.39, 0.29) is 10.8 Å². The number of hydrogen-bond acceptors (Lipinski definition) is 4. The van der Waals surface area contributed by atoms with Crippen LogP contribution in [0.5, 0.6) is 0 Å². The van der Waals surface area contributed by atoms with Crippen LogP contribution in [-0.4, -0.2) is 37.1 Å². The number of carbonyl (C=O) groups excluding carboxylic acids is 1. The van der Waals surface area contributed by atoms with Crippen molar-refractivity contribution in [1.82, 2.24) is 9.21 Å². The predicted octanol–water partition coefficient (Wildman–Crippen LogP) is 3.58. The lowest BCUT2D eigenvalue weighted by molar-refractivity contribution is 0.0785. The Morgan fingerprint density at radius 3 is 2.47 bits per heavy atom. The van der Waals surface area contributed by atoms with Gasteiger partial charge in [-0.15, -0.1) is 0 Å². The molecule has 0 fully saturated rings. The molecule has 0 saturated carbocycles. The molecule has 0 bridgehead atoms. The number of fused-ring (bicyclic) bond motifs is 1. The average Bonchev–Trinajstić information content (AvgIpc) is 2.83. The minimum atomic E-state index is -3.72. The van der Waals surface area contributed by atoms with E-state index >= 15 is 0 Å². The SMILES string of the molecule is CN(Cc1ccc(C#N)cc1)C(=O)c1cccc(S(=O)(=O)N2CCc3ccccc3C2)c1. The van der Waals surface area contributed by atoms with Gasteiger partial charge in [0.05, 0.1) is 16.5 Å². The molecule has 3 aromatic carbocycles. The van der Waals surface area contributed by atoms with Gasteiger partial charge in [-0.1, -0.05) is 42.5 Å². The van der Waals surface area contributed by atoms with Crippen molar-refractivity contribution in [2.45, 2.75) is 24.4 Å². The summed E-state index contributed by atoms with van der Waals surface area (Å²) in [6, 6.07) is 23.2. The van der Waals surface area contributed by atoms with Crippen LogP contribution >= 0.6 is 0 Å². The van der Waals surface area contributed by atoms with Crippen molar-refractivity contribution in [3.63, 3.8) is 0 Å². The monoisotopic (exact) mass is 445 g/mol. The van der Waals surface area contributed by atoms with Gasteiger partial charge in [0, 0.05) is 32.2 Å². The lowest BCUT2D eigenvalue weighted by atomic mass is 10.0. The molecular formula is C25H23N3O3S. The van der Waals surface area contributed by atoms with Crippen molar-refractivity contribution in [3.8, 4) is 6.07 Å². The van der Waals surface area contributed by atoms with E-state index in [2.05, 4.69) is 6.07 Å². The number of amides is 1. The number of rotatable bonds is 5. The zero-order valence-corrected chi connectivity index (χ0v) is 18.5. The Morgan fingerprint density at radius 2 is 1.75 bits per heavy atom. The molecular weight excluding hydrogens is 422 g/mol. The van der Waals surface area contributed by atoms with Gasteiger partial charge in [-0.3, -0.25) is 4.79 Å². The van der Waals surface area contributed by atoms with Gasteiger partial charge in [0.15, 0.2) is 0 Å². The summed E-state index contributed by atoms with van der Waals surface area (Å²) in [5.74, 6) is -0.268. The van der Waals surface area contributed by atoms with Crippen LogP contribution in [0, 0.1) is 11.3 Å². The highest BCUT2D eigenvalue weighted by molar-refractivity contribution is 7.89. The van der Waals surface area contributed by atoms with E-state index < -0.39 is 10.0 Å². The van der Waals surface area contributed by atoms with Crippen LogP contribution in [0.1, 0.15) is 32.6 Å². The molecule has 0 atom stereocenters. The third-order valence-electron chi connectivity index (χ3n) is 5.66. The van der Waals surface area contributed by atoms with E-state index in [1.807, 2.05) is 24.3 Å². The lowest BCUT2D eigenvalue weighted by Gasteiger charge is -2.28. The fourth-order valence-corrected chi connectivity index (χ4v) is 5.33. The molecule has 0 radical (unpaired) electrons. The predicted molar refractivity (Wildman–Crippen MR) is 121 cm³/mol. The molecule has 6 nitrogen and oxygen atoms in total. The van der Waals surface area contributed by atoms with Gasteiger partial charge in [0.25, 0.3) is 5.91 Å². The topological polar surface area (TPSA) is 81.5 Å². The van der Waals surface area contributed by atoms with Crippen molar-refractivity contribution >= 4 is 15.9 Å². The average molecular weight is 446 g/mol. The maximum Gasteiger partial charge on any atom is 0.253 e. The van der Waals surface area contributed by atoms with Crippen molar-refractivity contribution < 1.29 is 13.2 Å². The number of nitrogens with zero attached hydrogens (tertiary/aromatic N) is 3. The maximum atomic E-state index is 13.3. The molecule has 0 aliphatic carbocycles. The molecule has 1 amide bonds. The van der Waals surface area contributed by atoms with Crippen LogP contribution in [0.2, 0.25) is 0 Å². The highest BCUT2D eigenvalue weighted by Crippen LogP contribution is 2.25. The summed E-state index contributed by atoms with van der Waals surface area (Å²) in [7, 11) is -2.05. The molecule has 0 N–H and O–H groups in total. The lowest BCUT2D eigenvalue weighted by Crippen LogP contribution is -2.36. The van der Waals surface area contributed by atoms with Crippen LogP contribution in [-0.2, 0) is 29.5 Å². The Morgan fingerprint density at radius 1 is 1.03 bits per heavy atom. The number of sulfonamides is 1. The van der Waals surface area contributed by atoms with E-state index in [1.165, 1.54) is 26.9 Å². The van der Waals surface area contributed by atoms with Crippen molar-refractivity contribution in [3.05, 3.63) is 101 Å². The van der Waals surface area contributed by atoms with Gasteiger partial charge >= 0.3 is 0 Å². The highest BCUT2D eigenvalue weighted by Gasteiger charge is 2.29. The second kappa shape index (κ2) is 8.95. The van der Waals surface area contributed by atoms with E-state index in [0.717, 1.165) is 11.1 Å². The zero-order valence-electron chi connectivity index (χ0n) is 17.7. The quantitative estimate of drug-likeness (QED) is 0.601. The van der Waals surface area contributed by atoms with Crippen LogP contribution in [0.4, 0.5) is 0 Å². The Hall–Kier alpha value is -3.47. The second-order valence-electron chi connectivity index (χ2n) is 7.86. The first kappa shape index (κ1) is 21.8. The smallest absolute Gasteiger partial charge is 0.253 e. The minimum absolute atomic E-state index is 0.120. The van der Waals surface area contributed by atoms with Gasteiger partial charge in [-0.2, -0.15) is 9.57 Å². The zero-order chi connectivity index (χ0) is 22.7. The van der Waals surface area contributed by atoms with Crippen molar-refractivity contribution in [1.29, 1.82) is 5.26 Å². The van der Waals surface area contributed by atoms with E-state index in [4.69, 9.17) is 5.26 Å². The highest BCUT2D eigenvalue weighted by atomic mass is 32.2. The summed E-state index contributed by atoms with van der Waals surface area (Å²) in [5.41, 5.74) is 3.94. The third-order valence-corrected chi connectivity index (χ3v) is 7.51. The molecule has 0 unspecified atom stereocenters. The first-order valence-electron chi connectivity index (χ1n) is 10.3. The molecule has 7 heteroatoms. The largest absolute Gasteiger partial charge is 0.337 e. The molecule has 32 heavy (non-hydrogen) atoms. The first-order chi connectivity index (χ1) is 15.4. The van der Waals surface area contributed by atoms with Gasteiger partial charge in [0.2, 0.25) is 10.0 Å². The van der Waals surface area contributed by atoms with Gasteiger partial charge in [-0.05, 0) is 53.4 Å². The summed E-state index contributed by atoms with van der Waals surface area (Å²) in [5, 5.41) is 8.91. The number of nitriles is 1. The van der Waals surface area contributed by atoms with Crippen LogP contribution in [0.15, 0.2) is 77.7 Å². The number of carbonyl (C=O) groups is 1. The van der Waals surface area contributed by atoms with E-state index in [0.29, 0.717) is 37.2 Å². The molecule has 0 aromatic heterocycles. The Bertz CT molecular complexity index is 1290. The second-order valence-corrected chi connectivity index (χ2v) is 9.79. The molecule has 1 heterocycles. The minimum Gasteiger partial charge on any atom is -0.337 e. The van der Waals surface area contributed by atoms with Crippen LogP contribution < -0.4 is 0 Å². The van der Waals surface area contributed by atoms with Crippen LogP contribution in [0.25, 0.3) is 0 Å². The molecule has 4 rings (SSSR count). The number of hydrogen-bond donors (Lipinski definition) is 0. The van der Waals surface area contributed by atoms with Crippen molar-refractivity contribution in [2.75, 3.05) is 13.6 Å². The fourth-order valence-electron chi connectivity index (χ4n) is 3.86. The molecule has 1 aliphatic rings. The molecule has 0 spiro atoms. The molecule has 1 aliphatic heterocycles. The first-order valence-corrected chi connectivity index (χ1v) is 11.7. The molecule has 3 aromatic rings. The van der Waals surface area contributed by atoms with Crippen LogP contribution in [0.3, 0.4) is 0 Å². The van der Waals surface area contributed by atoms with E-state index in [9.17, 15) is 13.2 Å². The maximum absolute atomic E-state index is 13.3. The summed E-state index contributed by atoms with van der Waals surface area (Å²) < 4.78 is 28.0. The van der Waals surface area contributed by atoms with Crippen molar-refractivity contribution in [2.24, 2.45) is 0 Å². The molecule has 162 valence electrons. The normalized spacial score (nSPS) is 13.8. The fraction of sp³-hybridized carbons (Fsp3) is 0.200. The third kappa shape index (κ3) is 4.42. The number of benzene rings is 3.